The maximum absolute atomic E-state index is 13.1. The van der Waals surface area contributed by atoms with E-state index in [1.165, 1.54) is 6.07 Å². The summed E-state index contributed by atoms with van der Waals surface area (Å²) in [7, 11) is 0. The van der Waals surface area contributed by atoms with Crippen molar-refractivity contribution < 1.29 is 9.50 Å². The number of imidazole rings is 1. The normalized spacial score (nSPS) is 12.7. The maximum Gasteiger partial charge on any atom is 0.142 e. The molecule has 5 heteroatoms. The lowest BCUT2D eigenvalue weighted by molar-refractivity contribution is 0.204. The quantitative estimate of drug-likeness (QED) is 0.946. The van der Waals surface area contributed by atoms with Gasteiger partial charge in [0, 0.05) is 18.9 Å². The molecule has 1 heterocycles. The second-order valence-electron chi connectivity index (χ2n) is 3.65. The van der Waals surface area contributed by atoms with E-state index in [0.29, 0.717) is 15.9 Å². The van der Waals surface area contributed by atoms with E-state index in [9.17, 15) is 9.50 Å². The molecular formula is C12H12BrFN2O. The summed E-state index contributed by atoms with van der Waals surface area (Å²) in [5.74, 6) is 0.214. The van der Waals surface area contributed by atoms with Crippen LogP contribution in [0, 0.1) is 5.82 Å². The van der Waals surface area contributed by atoms with Crippen LogP contribution in [-0.4, -0.2) is 14.7 Å². The molecule has 0 saturated carbocycles. The van der Waals surface area contributed by atoms with E-state index in [2.05, 4.69) is 20.9 Å². The molecule has 2 rings (SSSR count). The fraction of sp³-hybridized carbons (Fsp3) is 0.250. The number of hydrogen-bond acceptors (Lipinski definition) is 2. The summed E-state index contributed by atoms with van der Waals surface area (Å²) < 4.78 is 15.3. The first-order chi connectivity index (χ1) is 8.13. The van der Waals surface area contributed by atoms with E-state index in [1.807, 2.05) is 11.5 Å². The minimum atomic E-state index is -0.846. The zero-order valence-corrected chi connectivity index (χ0v) is 10.9. The van der Waals surface area contributed by atoms with Gasteiger partial charge >= 0.3 is 0 Å². The van der Waals surface area contributed by atoms with Gasteiger partial charge in [-0.05, 0) is 40.5 Å². The van der Waals surface area contributed by atoms with Gasteiger partial charge < -0.3 is 9.67 Å². The number of nitrogens with zero attached hydrogens (tertiary/aromatic N) is 2. The lowest BCUT2D eigenvalue weighted by Crippen LogP contribution is -2.09. The first-order valence-corrected chi connectivity index (χ1v) is 6.06. The van der Waals surface area contributed by atoms with Crippen LogP contribution in [0.4, 0.5) is 4.39 Å². The molecule has 0 radical (unpaired) electrons. The Kier molecular flexibility index (Phi) is 3.59. The Bertz CT molecular complexity index is 527. The van der Waals surface area contributed by atoms with Gasteiger partial charge in [0.25, 0.3) is 0 Å². The largest absolute Gasteiger partial charge is 0.380 e. The van der Waals surface area contributed by atoms with Crippen molar-refractivity contribution in [2.45, 2.75) is 19.6 Å². The second-order valence-corrected chi connectivity index (χ2v) is 4.50. The molecule has 0 bridgehead atoms. The van der Waals surface area contributed by atoms with Gasteiger partial charge in [0.1, 0.15) is 17.7 Å². The Morgan fingerprint density at radius 1 is 1.53 bits per heavy atom. The molecular weight excluding hydrogens is 287 g/mol. The number of hydrogen-bond donors (Lipinski definition) is 1. The number of rotatable bonds is 3. The van der Waals surface area contributed by atoms with Crippen LogP contribution in [0.5, 0.6) is 0 Å². The van der Waals surface area contributed by atoms with Crippen LogP contribution in [0.2, 0.25) is 0 Å². The van der Waals surface area contributed by atoms with E-state index >= 15 is 0 Å². The van der Waals surface area contributed by atoms with Gasteiger partial charge in [-0.1, -0.05) is 6.07 Å². The average molecular weight is 299 g/mol. The zero-order valence-electron chi connectivity index (χ0n) is 9.27. The molecule has 1 aromatic heterocycles. The van der Waals surface area contributed by atoms with Crippen LogP contribution in [-0.2, 0) is 6.54 Å². The monoisotopic (exact) mass is 298 g/mol. The molecule has 1 aromatic carbocycles. The Balaban J connectivity index is 2.36. The van der Waals surface area contributed by atoms with E-state index in [0.717, 1.165) is 6.54 Å². The van der Waals surface area contributed by atoms with Crippen LogP contribution in [0.25, 0.3) is 0 Å². The van der Waals surface area contributed by atoms with E-state index in [4.69, 9.17) is 0 Å². The summed E-state index contributed by atoms with van der Waals surface area (Å²) in [6, 6.07) is 4.44. The SMILES string of the molecule is CCn1ccnc1C(O)c1ccc(F)c(Br)c1. The molecule has 1 atom stereocenters. The van der Waals surface area contributed by atoms with Crippen LogP contribution in [0.1, 0.15) is 24.4 Å². The fourth-order valence-electron chi connectivity index (χ4n) is 1.67. The molecule has 90 valence electrons. The van der Waals surface area contributed by atoms with Crippen molar-refractivity contribution in [3.63, 3.8) is 0 Å². The molecule has 1 N–H and O–H groups in total. The van der Waals surface area contributed by atoms with Crippen molar-refractivity contribution >= 4 is 15.9 Å². The van der Waals surface area contributed by atoms with Crippen LogP contribution >= 0.6 is 15.9 Å². The molecule has 0 saturated heterocycles. The van der Waals surface area contributed by atoms with Crippen LogP contribution < -0.4 is 0 Å². The van der Waals surface area contributed by atoms with Gasteiger partial charge in [0.2, 0.25) is 0 Å². The lowest BCUT2D eigenvalue weighted by Gasteiger charge is -2.12. The van der Waals surface area contributed by atoms with Crippen molar-refractivity contribution in [1.29, 1.82) is 0 Å². The number of halogens is 2. The summed E-state index contributed by atoms with van der Waals surface area (Å²) in [6.07, 6.45) is 2.60. The second kappa shape index (κ2) is 4.98. The molecule has 1 unspecified atom stereocenters. The molecule has 0 aliphatic heterocycles. The van der Waals surface area contributed by atoms with E-state index < -0.39 is 6.10 Å². The Hall–Kier alpha value is -1.20. The summed E-state index contributed by atoms with van der Waals surface area (Å²) in [5.41, 5.74) is 0.610. The third-order valence-corrected chi connectivity index (χ3v) is 3.20. The van der Waals surface area contributed by atoms with Crippen LogP contribution in [0.3, 0.4) is 0 Å². The molecule has 0 amide bonds. The van der Waals surface area contributed by atoms with Crippen molar-refractivity contribution in [1.82, 2.24) is 9.55 Å². The molecule has 17 heavy (non-hydrogen) atoms. The lowest BCUT2D eigenvalue weighted by atomic mass is 10.1. The topological polar surface area (TPSA) is 38.0 Å². The highest BCUT2D eigenvalue weighted by molar-refractivity contribution is 9.10. The number of aryl methyl sites for hydroxylation is 1. The Labute approximate surface area is 107 Å². The Morgan fingerprint density at radius 2 is 2.29 bits per heavy atom. The number of aliphatic hydroxyl groups is 1. The van der Waals surface area contributed by atoms with Crippen molar-refractivity contribution in [3.8, 4) is 0 Å². The molecule has 2 aromatic rings. The molecule has 0 spiro atoms. The first-order valence-electron chi connectivity index (χ1n) is 5.27. The summed E-state index contributed by atoms with van der Waals surface area (Å²) in [6.45, 7) is 2.70. The number of benzene rings is 1. The highest BCUT2D eigenvalue weighted by Crippen LogP contribution is 2.25. The molecule has 3 nitrogen and oxygen atoms in total. The zero-order chi connectivity index (χ0) is 12.4. The Morgan fingerprint density at radius 3 is 2.94 bits per heavy atom. The molecule has 0 fully saturated rings. The highest BCUT2D eigenvalue weighted by atomic mass is 79.9. The third-order valence-electron chi connectivity index (χ3n) is 2.59. The first kappa shape index (κ1) is 12.3. The summed E-state index contributed by atoms with van der Waals surface area (Å²) >= 11 is 3.10. The molecule has 0 aliphatic rings. The smallest absolute Gasteiger partial charge is 0.142 e. The average Bonchev–Trinajstić information content (AvgIpc) is 2.80. The van der Waals surface area contributed by atoms with Gasteiger partial charge in [-0.3, -0.25) is 0 Å². The minimum Gasteiger partial charge on any atom is -0.380 e. The van der Waals surface area contributed by atoms with Crippen LogP contribution in [0.15, 0.2) is 35.1 Å². The molecule has 0 aliphatic carbocycles. The number of aromatic nitrogens is 2. The minimum absolute atomic E-state index is 0.337. The third kappa shape index (κ3) is 2.40. The van der Waals surface area contributed by atoms with E-state index in [-0.39, 0.29) is 5.82 Å². The predicted octanol–water partition coefficient (Wildman–Crippen LogP) is 2.89. The van der Waals surface area contributed by atoms with E-state index in [1.54, 1.807) is 24.5 Å². The van der Waals surface area contributed by atoms with Gasteiger partial charge in [-0.25, -0.2) is 9.37 Å². The fourth-order valence-corrected chi connectivity index (χ4v) is 2.06. The van der Waals surface area contributed by atoms with Gasteiger partial charge in [-0.15, -0.1) is 0 Å². The van der Waals surface area contributed by atoms with Gasteiger partial charge in [0.05, 0.1) is 4.47 Å². The van der Waals surface area contributed by atoms with Crippen molar-refractivity contribution in [2.24, 2.45) is 0 Å². The van der Waals surface area contributed by atoms with Gasteiger partial charge in [0.15, 0.2) is 0 Å². The highest BCUT2D eigenvalue weighted by Gasteiger charge is 2.16. The maximum atomic E-state index is 13.1. The van der Waals surface area contributed by atoms with Crippen molar-refractivity contribution in [3.05, 3.63) is 52.3 Å². The van der Waals surface area contributed by atoms with Gasteiger partial charge in [-0.2, -0.15) is 0 Å². The summed E-state index contributed by atoms with van der Waals surface area (Å²) in [4.78, 5) is 4.12. The standard InChI is InChI=1S/C12H12BrFN2O/c1-2-16-6-5-15-12(16)11(17)8-3-4-10(14)9(13)7-8/h3-7,11,17H,2H2,1H3. The number of aliphatic hydroxyl groups excluding tert-OH is 1. The summed E-state index contributed by atoms with van der Waals surface area (Å²) in [5, 5.41) is 10.2. The van der Waals surface area contributed by atoms with Crippen molar-refractivity contribution in [2.75, 3.05) is 0 Å². The predicted molar refractivity (Wildman–Crippen MR) is 66.1 cm³/mol.